The van der Waals surface area contributed by atoms with E-state index in [-0.39, 0.29) is 5.69 Å². The first-order chi connectivity index (χ1) is 9.72. The molecule has 1 atom stereocenters. The van der Waals surface area contributed by atoms with E-state index >= 15 is 0 Å². The lowest BCUT2D eigenvalue weighted by atomic mass is 10.1. The Balaban J connectivity index is 2.33. The third-order valence-corrected chi connectivity index (χ3v) is 4.67. The van der Waals surface area contributed by atoms with Crippen LogP contribution in [0.3, 0.4) is 0 Å². The Morgan fingerprint density at radius 2 is 2.05 bits per heavy atom. The summed E-state index contributed by atoms with van der Waals surface area (Å²) in [6.45, 7) is 5.03. The largest absolute Gasteiger partial charge is 0.399 e. The Labute approximate surface area is 122 Å². The molecule has 0 aliphatic heterocycles. The first-order valence-electron chi connectivity index (χ1n) is 6.22. The summed E-state index contributed by atoms with van der Waals surface area (Å²) in [4.78, 5) is -0.449. The molecule has 0 spiro atoms. The van der Waals surface area contributed by atoms with E-state index in [4.69, 9.17) is 10.3 Å². The number of hydrogen-bond acceptors (Lipinski definition) is 5. The van der Waals surface area contributed by atoms with Gasteiger partial charge in [-0.05, 0) is 39.0 Å². The molecule has 8 heteroatoms. The van der Waals surface area contributed by atoms with Crippen molar-refractivity contribution >= 4 is 15.7 Å². The molecular formula is C13H16FN3O3S. The van der Waals surface area contributed by atoms with Crippen LogP contribution >= 0.6 is 0 Å². The van der Waals surface area contributed by atoms with E-state index in [2.05, 4.69) is 9.88 Å². The minimum Gasteiger partial charge on any atom is -0.399 e. The second kappa shape index (κ2) is 5.45. The maximum Gasteiger partial charge on any atom is 0.244 e. The number of halogens is 1. The molecule has 1 aromatic carbocycles. The van der Waals surface area contributed by atoms with Crippen LogP contribution in [0.5, 0.6) is 0 Å². The maximum atomic E-state index is 13.8. The van der Waals surface area contributed by atoms with Crippen LogP contribution in [0.4, 0.5) is 10.1 Å². The van der Waals surface area contributed by atoms with E-state index in [1.54, 1.807) is 20.8 Å². The summed E-state index contributed by atoms with van der Waals surface area (Å²) in [6, 6.07) is 2.83. The van der Waals surface area contributed by atoms with Crippen LogP contribution in [0.2, 0.25) is 0 Å². The molecule has 0 bridgehead atoms. The van der Waals surface area contributed by atoms with E-state index < -0.39 is 26.8 Å². The third kappa shape index (κ3) is 3.06. The second-order valence-corrected chi connectivity index (χ2v) is 6.45. The van der Waals surface area contributed by atoms with Gasteiger partial charge in [-0.25, -0.2) is 17.5 Å². The molecule has 1 aromatic heterocycles. The van der Waals surface area contributed by atoms with Crippen molar-refractivity contribution in [1.82, 2.24) is 9.88 Å². The first-order valence-corrected chi connectivity index (χ1v) is 7.71. The molecule has 21 heavy (non-hydrogen) atoms. The van der Waals surface area contributed by atoms with Gasteiger partial charge >= 0.3 is 0 Å². The molecule has 0 aliphatic carbocycles. The van der Waals surface area contributed by atoms with Crippen LogP contribution < -0.4 is 10.5 Å². The monoisotopic (exact) mass is 313 g/mol. The molecule has 0 amide bonds. The van der Waals surface area contributed by atoms with Gasteiger partial charge in [-0.1, -0.05) is 5.16 Å². The van der Waals surface area contributed by atoms with Gasteiger partial charge in [-0.2, -0.15) is 0 Å². The quantitative estimate of drug-likeness (QED) is 0.842. The smallest absolute Gasteiger partial charge is 0.244 e. The predicted molar refractivity (Wildman–Crippen MR) is 75.5 cm³/mol. The summed E-state index contributed by atoms with van der Waals surface area (Å²) in [5, 5.41) is 3.77. The van der Waals surface area contributed by atoms with Crippen LogP contribution in [0, 0.1) is 19.7 Å². The van der Waals surface area contributed by atoms with Gasteiger partial charge in [0.05, 0.1) is 5.69 Å². The summed E-state index contributed by atoms with van der Waals surface area (Å²) in [5.74, 6) is -0.381. The van der Waals surface area contributed by atoms with Gasteiger partial charge in [0.25, 0.3) is 0 Å². The summed E-state index contributed by atoms with van der Waals surface area (Å²) in [5.41, 5.74) is 6.79. The molecule has 0 saturated carbocycles. The lowest BCUT2D eigenvalue weighted by molar-refractivity contribution is 0.391. The number of benzene rings is 1. The molecule has 1 unspecified atom stereocenters. The molecule has 2 aromatic rings. The Hall–Kier alpha value is -1.93. The summed E-state index contributed by atoms with van der Waals surface area (Å²) >= 11 is 0. The highest BCUT2D eigenvalue weighted by Crippen LogP contribution is 2.24. The van der Waals surface area contributed by atoms with E-state index in [0.29, 0.717) is 17.0 Å². The fraction of sp³-hybridized carbons (Fsp3) is 0.308. The van der Waals surface area contributed by atoms with Crippen molar-refractivity contribution in [2.45, 2.75) is 31.7 Å². The molecule has 0 fully saturated rings. The normalized spacial score (nSPS) is 13.3. The first kappa shape index (κ1) is 15.5. The van der Waals surface area contributed by atoms with Gasteiger partial charge in [0.1, 0.15) is 16.5 Å². The lowest BCUT2D eigenvalue weighted by Gasteiger charge is -2.14. The number of nitrogen functional groups attached to an aromatic ring is 1. The van der Waals surface area contributed by atoms with Crippen molar-refractivity contribution in [2.24, 2.45) is 0 Å². The average molecular weight is 313 g/mol. The van der Waals surface area contributed by atoms with E-state index in [1.807, 2.05) is 0 Å². The highest BCUT2D eigenvalue weighted by molar-refractivity contribution is 7.89. The fourth-order valence-corrected chi connectivity index (χ4v) is 3.47. The van der Waals surface area contributed by atoms with Crippen molar-refractivity contribution < 1.29 is 17.3 Å². The topological polar surface area (TPSA) is 98.2 Å². The minimum atomic E-state index is -4.02. The lowest BCUT2D eigenvalue weighted by Crippen LogP contribution is -2.28. The molecular weight excluding hydrogens is 297 g/mol. The molecule has 0 radical (unpaired) electrons. The Kier molecular flexibility index (Phi) is 4.02. The summed E-state index contributed by atoms with van der Waals surface area (Å²) in [7, 11) is -4.02. The number of nitrogens with two attached hydrogens (primary N) is 1. The number of nitrogens with one attached hydrogen (secondary N) is 1. The van der Waals surface area contributed by atoms with Crippen molar-refractivity contribution in [2.75, 3.05) is 5.73 Å². The summed E-state index contributed by atoms with van der Waals surface area (Å²) in [6.07, 6.45) is 0. The highest BCUT2D eigenvalue weighted by atomic mass is 32.2. The van der Waals surface area contributed by atoms with E-state index in [1.165, 1.54) is 6.07 Å². The van der Waals surface area contributed by atoms with Crippen molar-refractivity contribution in [3.05, 3.63) is 41.0 Å². The fourth-order valence-electron chi connectivity index (χ4n) is 2.20. The highest BCUT2D eigenvalue weighted by Gasteiger charge is 2.25. The van der Waals surface area contributed by atoms with Crippen molar-refractivity contribution in [3.8, 4) is 0 Å². The van der Waals surface area contributed by atoms with Gasteiger partial charge in [-0.15, -0.1) is 0 Å². The van der Waals surface area contributed by atoms with Gasteiger partial charge in [0.2, 0.25) is 10.0 Å². The van der Waals surface area contributed by atoms with Crippen LogP contribution in [0.15, 0.2) is 27.6 Å². The molecule has 1 heterocycles. The van der Waals surface area contributed by atoms with Crippen LogP contribution in [0.25, 0.3) is 0 Å². The van der Waals surface area contributed by atoms with E-state index in [0.717, 1.165) is 12.1 Å². The average Bonchev–Trinajstić information content (AvgIpc) is 2.67. The minimum absolute atomic E-state index is 0.158. The predicted octanol–water partition coefficient (Wildman–Crippen LogP) is 2.05. The molecule has 2 rings (SSSR count). The number of nitrogens with zero attached hydrogens (tertiary/aromatic N) is 1. The zero-order valence-corrected chi connectivity index (χ0v) is 12.7. The van der Waals surface area contributed by atoms with Gasteiger partial charge in [0.15, 0.2) is 0 Å². The number of aryl methyl sites for hydroxylation is 2. The Bertz CT molecular complexity index is 751. The Morgan fingerprint density at radius 1 is 1.38 bits per heavy atom. The van der Waals surface area contributed by atoms with Gasteiger partial charge < -0.3 is 10.3 Å². The number of rotatable bonds is 4. The maximum absolute atomic E-state index is 13.8. The number of anilines is 1. The van der Waals surface area contributed by atoms with Gasteiger partial charge in [0, 0.05) is 17.3 Å². The second-order valence-electron chi connectivity index (χ2n) is 4.77. The number of sulfonamides is 1. The van der Waals surface area contributed by atoms with Crippen LogP contribution in [-0.2, 0) is 10.0 Å². The SMILES string of the molecule is Cc1noc(C)c1C(C)NS(=O)(=O)c1ccc(N)cc1F. The third-order valence-electron chi connectivity index (χ3n) is 3.10. The zero-order valence-electron chi connectivity index (χ0n) is 11.8. The van der Waals surface area contributed by atoms with Crippen LogP contribution in [-0.4, -0.2) is 13.6 Å². The van der Waals surface area contributed by atoms with Crippen LogP contribution in [0.1, 0.15) is 30.0 Å². The van der Waals surface area contributed by atoms with Crippen molar-refractivity contribution in [1.29, 1.82) is 0 Å². The molecule has 0 saturated heterocycles. The summed E-state index contributed by atoms with van der Waals surface area (Å²) < 4.78 is 45.7. The molecule has 6 nitrogen and oxygen atoms in total. The number of aromatic nitrogens is 1. The molecule has 0 aliphatic rings. The Morgan fingerprint density at radius 3 is 2.57 bits per heavy atom. The van der Waals surface area contributed by atoms with E-state index in [9.17, 15) is 12.8 Å². The number of hydrogen-bond donors (Lipinski definition) is 2. The zero-order chi connectivity index (χ0) is 15.8. The van der Waals surface area contributed by atoms with Crippen molar-refractivity contribution in [3.63, 3.8) is 0 Å². The molecule has 114 valence electrons. The standard InChI is InChI=1S/C13H16FN3O3S/c1-7-13(9(3)20-16-7)8(2)17-21(18,19)12-5-4-10(15)6-11(12)14/h4-6,8,17H,15H2,1-3H3. The molecule has 3 N–H and O–H groups in total. The van der Waals surface area contributed by atoms with Gasteiger partial charge in [-0.3, -0.25) is 0 Å².